The maximum atomic E-state index is 11.1. The fraction of sp³-hybridized carbons (Fsp3) is 0.0909. The molecule has 2 N–H and O–H groups in total. The number of aromatic carboxylic acids is 1. The molecule has 0 aliphatic heterocycles. The number of carboxylic acids is 1. The summed E-state index contributed by atoms with van der Waals surface area (Å²) in [5.74, 6) is -0.644. The van der Waals surface area contributed by atoms with Gasteiger partial charge in [0.25, 0.3) is 0 Å². The van der Waals surface area contributed by atoms with Gasteiger partial charge in [0, 0.05) is 17.2 Å². The molecule has 0 spiro atoms. The quantitative estimate of drug-likeness (QED) is 0.839. The average molecular weight is 297 g/mol. The number of thioether (sulfide) groups is 1. The van der Waals surface area contributed by atoms with Gasteiger partial charge in [0.05, 0.1) is 5.69 Å². The third-order valence-corrected chi connectivity index (χ3v) is 3.16. The van der Waals surface area contributed by atoms with Crippen LogP contribution in [0.15, 0.2) is 29.3 Å². The molecular weight excluding hydrogens is 288 g/mol. The molecule has 2 aromatic rings. The van der Waals surface area contributed by atoms with Crippen molar-refractivity contribution in [1.82, 2.24) is 15.2 Å². The van der Waals surface area contributed by atoms with Gasteiger partial charge >= 0.3 is 5.97 Å². The zero-order chi connectivity index (χ0) is 13.8. The predicted molar refractivity (Wildman–Crippen MR) is 73.3 cm³/mol. The van der Waals surface area contributed by atoms with E-state index < -0.39 is 5.97 Å². The molecule has 0 fully saturated rings. The number of nitrogens with zero attached hydrogens (tertiary/aromatic N) is 3. The van der Waals surface area contributed by atoms with Gasteiger partial charge in [-0.15, -0.1) is 22.0 Å². The molecule has 2 aromatic heterocycles. The Hall–Kier alpha value is -1.86. The van der Waals surface area contributed by atoms with E-state index in [2.05, 4.69) is 20.5 Å². The van der Waals surface area contributed by atoms with E-state index in [1.807, 2.05) is 12.3 Å². The summed E-state index contributed by atoms with van der Waals surface area (Å²) in [4.78, 5) is 16.1. The highest BCUT2D eigenvalue weighted by Crippen LogP contribution is 2.27. The van der Waals surface area contributed by atoms with Crippen molar-refractivity contribution < 1.29 is 9.90 Å². The first-order valence-electron chi connectivity index (χ1n) is 5.14. The lowest BCUT2D eigenvalue weighted by atomic mass is 10.3. The van der Waals surface area contributed by atoms with E-state index in [-0.39, 0.29) is 16.5 Å². The number of carbonyl (C=O) groups is 1. The molecule has 0 aliphatic carbocycles. The maximum Gasteiger partial charge on any atom is 0.358 e. The van der Waals surface area contributed by atoms with Crippen LogP contribution in [0.2, 0.25) is 5.15 Å². The van der Waals surface area contributed by atoms with Crippen molar-refractivity contribution in [3.63, 3.8) is 0 Å². The highest BCUT2D eigenvalue weighted by atomic mass is 35.5. The minimum atomic E-state index is -1.19. The van der Waals surface area contributed by atoms with E-state index >= 15 is 0 Å². The van der Waals surface area contributed by atoms with Gasteiger partial charge in [0.15, 0.2) is 10.8 Å². The van der Waals surface area contributed by atoms with Crippen LogP contribution in [0.3, 0.4) is 0 Å². The van der Waals surface area contributed by atoms with E-state index in [0.717, 1.165) is 4.90 Å². The molecule has 0 amide bonds. The Balaban J connectivity index is 2.42. The van der Waals surface area contributed by atoms with E-state index in [1.54, 1.807) is 12.3 Å². The molecule has 2 rings (SSSR count). The molecule has 6 nitrogen and oxygen atoms in total. The third-order valence-electron chi connectivity index (χ3n) is 2.21. The first-order chi connectivity index (χ1) is 9.11. The van der Waals surface area contributed by atoms with Gasteiger partial charge in [0.1, 0.15) is 5.82 Å². The molecule has 0 radical (unpaired) electrons. The molecule has 2 heterocycles. The minimum Gasteiger partial charge on any atom is -0.476 e. The first kappa shape index (κ1) is 13.6. The number of hydrogen-bond acceptors (Lipinski definition) is 6. The van der Waals surface area contributed by atoms with Crippen LogP contribution in [0, 0.1) is 0 Å². The Labute approximate surface area is 118 Å². The monoisotopic (exact) mass is 296 g/mol. The maximum absolute atomic E-state index is 11.1. The molecule has 0 saturated heterocycles. The Morgan fingerprint density at radius 2 is 2.26 bits per heavy atom. The van der Waals surface area contributed by atoms with Crippen molar-refractivity contribution in [2.75, 3.05) is 11.6 Å². The van der Waals surface area contributed by atoms with Crippen LogP contribution < -0.4 is 5.32 Å². The molecule has 0 aliphatic rings. The largest absolute Gasteiger partial charge is 0.476 e. The fourth-order valence-corrected chi connectivity index (χ4v) is 2.06. The van der Waals surface area contributed by atoms with Gasteiger partial charge in [-0.2, -0.15) is 0 Å². The van der Waals surface area contributed by atoms with Crippen molar-refractivity contribution in [2.24, 2.45) is 0 Å². The highest BCUT2D eigenvalue weighted by molar-refractivity contribution is 7.98. The number of anilines is 2. The summed E-state index contributed by atoms with van der Waals surface area (Å²) >= 11 is 7.22. The van der Waals surface area contributed by atoms with Crippen molar-refractivity contribution in [3.8, 4) is 0 Å². The second-order valence-electron chi connectivity index (χ2n) is 3.41. The Morgan fingerprint density at radius 3 is 2.95 bits per heavy atom. The molecular formula is C11H9ClN4O2S. The van der Waals surface area contributed by atoms with Gasteiger partial charge in [0.2, 0.25) is 0 Å². The summed E-state index contributed by atoms with van der Waals surface area (Å²) in [6.07, 6.45) is 3.51. The molecule has 8 heteroatoms. The predicted octanol–water partition coefficient (Wildman–Crippen LogP) is 2.69. The smallest absolute Gasteiger partial charge is 0.358 e. The van der Waals surface area contributed by atoms with Crippen LogP contribution in [0.25, 0.3) is 0 Å². The van der Waals surface area contributed by atoms with Crippen LogP contribution in [0.5, 0.6) is 0 Å². The minimum absolute atomic E-state index is 0.106. The Kier molecular flexibility index (Phi) is 4.18. The zero-order valence-electron chi connectivity index (χ0n) is 9.79. The number of pyridine rings is 1. The molecule has 0 unspecified atom stereocenters. The molecule has 98 valence electrons. The lowest BCUT2D eigenvalue weighted by Gasteiger charge is -2.10. The van der Waals surface area contributed by atoms with Crippen molar-refractivity contribution in [1.29, 1.82) is 0 Å². The number of carboxylic acid groups (broad SMARTS) is 1. The van der Waals surface area contributed by atoms with Gasteiger partial charge in [-0.1, -0.05) is 11.6 Å². The van der Waals surface area contributed by atoms with Crippen LogP contribution in [-0.4, -0.2) is 32.5 Å². The zero-order valence-corrected chi connectivity index (χ0v) is 11.4. The third kappa shape index (κ3) is 3.12. The summed E-state index contributed by atoms with van der Waals surface area (Å²) in [6.45, 7) is 0. The average Bonchev–Trinajstić information content (AvgIpc) is 2.39. The lowest BCUT2D eigenvalue weighted by Crippen LogP contribution is -2.08. The Bertz CT molecular complexity index is 623. The van der Waals surface area contributed by atoms with Gasteiger partial charge in [-0.3, -0.25) is 0 Å². The summed E-state index contributed by atoms with van der Waals surface area (Å²) in [5, 5.41) is 19.1. The summed E-state index contributed by atoms with van der Waals surface area (Å²) in [7, 11) is 0. The topological polar surface area (TPSA) is 88.0 Å². The van der Waals surface area contributed by atoms with Crippen molar-refractivity contribution in [2.45, 2.75) is 4.90 Å². The highest BCUT2D eigenvalue weighted by Gasteiger charge is 2.15. The van der Waals surface area contributed by atoms with E-state index in [9.17, 15) is 4.79 Å². The summed E-state index contributed by atoms with van der Waals surface area (Å²) in [6, 6.07) is 5.07. The van der Waals surface area contributed by atoms with E-state index in [0.29, 0.717) is 5.82 Å². The molecule has 0 saturated carbocycles. The first-order valence-corrected chi connectivity index (χ1v) is 6.74. The van der Waals surface area contributed by atoms with Crippen LogP contribution in [-0.2, 0) is 0 Å². The summed E-state index contributed by atoms with van der Waals surface area (Å²) < 4.78 is 0. The molecule has 19 heavy (non-hydrogen) atoms. The second-order valence-corrected chi connectivity index (χ2v) is 4.65. The number of halogens is 1. The second kappa shape index (κ2) is 5.85. The van der Waals surface area contributed by atoms with Crippen molar-refractivity contribution >= 4 is 40.8 Å². The standard InChI is InChI=1S/C11H9ClN4O2S/c1-19-7-3-2-4-13-10(7)14-6-5-8(12)15-16-9(6)11(17)18/h2-5H,1H3,(H,17,18)(H,13,14,15). The normalized spacial score (nSPS) is 10.2. The van der Waals surface area contributed by atoms with Crippen LogP contribution in [0.1, 0.15) is 10.5 Å². The SMILES string of the molecule is CSc1cccnc1Nc1cc(Cl)nnc1C(=O)O. The number of rotatable bonds is 4. The van der Waals surface area contributed by atoms with Crippen LogP contribution >= 0.6 is 23.4 Å². The number of aromatic nitrogens is 3. The molecule has 0 aromatic carbocycles. The van der Waals surface area contributed by atoms with Gasteiger partial charge in [-0.25, -0.2) is 9.78 Å². The molecule has 0 bridgehead atoms. The Morgan fingerprint density at radius 1 is 1.47 bits per heavy atom. The van der Waals surface area contributed by atoms with Gasteiger partial charge < -0.3 is 10.4 Å². The van der Waals surface area contributed by atoms with E-state index in [4.69, 9.17) is 16.7 Å². The van der Waals surface area contributed by atoms with E-state index in [1.165, 1.54) is 17.8 Å². The van der Waals surface area contributed by atoms with Crippen molar-refractivity contribution in [3.05, 3.63) is 35.2 Å². The number of nitrogens with one attached hydrogen (secondary N) is 1. The number of hydrogen-bond donors (Lipinski definition) is 2. The lowest BCUT2D eigenvalue weighted by molar-refractivity contribution is 0.0690. The van der Waals surface area contributed by atoms with Crippen LogP contribution in [0.4, 0.5) is 11.5 Å². The van der Waals surface area contributed by atoms with Gasteiger partial charge in [-0.05, 0) is 18.4 Å². The fourth-order valence-electron chi connectivity index (χ4n) is 1.40. The molecule has 0 atom stereocenters. The summed E-state index contributed by atoms with van der Waals surface area (Å²) in [5.41, 5.74) is 0.0450.